The number of aliphatic carboxylic acids is 1. The number of carbonyl (C=O) groups excluding carboxylic acids is 3. The monoisotopic (exact) mass is 402 g/mol. The normalized spacial score (nSPS) is 45.3. The zero-order valence-corrected chi connectivity index (χ0v) is 17.9. The molecule has 0 spiro atoms. The van der Waals surface area contributed by atoms with Crippen LogP contribution in [0.2, 0.25) is 0 Å². The maximum absolute atomic E-state index is 13.6. The number of rotatable bonds is 4. The Morgan fingerprint density at radius 2 is 1.86 bits per heavy atom. The maximum atomic E-state index is 13.6. The molecule has 0 saturated heterocycles. The molecule has 0 unspecified atom stereocenters. The lowest BCUT2D eigenvalue weighted by Crippen LogP contribution is -2.58. The highest BCUT2D eigenvalue weighted by atomic mass is 16.4. The largest absolute Gasteiger partial charge is 0.481 e. The predicted octanol–water partition coefficient (Wildman–Crippen LogP) is 4.07. The summed E-state index contributed by atoms with van der Waals surface area (Å²) in [6.45, 7) is 6.28. The first-order chi connectivity index (χ1) is 13.6. The van der Waals surface area contributed by atoms with Crippen molar-refractivity contribution < 1.29 is 24.3 Å². The van der Waals surface area contributed by atoms with Gasteiger partial charge < -0.3 is 5.11 Å². The van der Waals surface area contributed by atoms with E-state index in [1.165, 1.54) is 0 Å². The number of carboxylic acid groups (broad SMARTS) is 1. The smallest absolute Gasteiger partial charge is 0.303 e. The van der Waals surface area contributed by atoms with Crippen molar-refractivity contribution in [2.45, 2.75) is 78.6 Å². The summed E-state index contributed by atoms with van der Waals surface area (Å²) >= 11 is 0. The van der Waals surface area contributed by atoms with E-state index >= 15 is 0 Å². The first kappa shape index (κ1) is 20.7. The van der Waals surface area contributed by atoms with Crippen LogP contribution in [0.5, 0.6) is 0 Å². The minimum atomic E-state index is -0.823. The minimum absolute atomic E-state index is 0.0128. The van der Waals surface area contributed by atoms with Crippen molar-refractivity contribution >= 4 is 23.3 Å². The highest BCUT2D eigenvalue weighted by Gasteiger charge is 2.66. The summed E-state index contributed by atoms with van der Waals surface area (Å²) in [5.41, 5.74) is -0.662. The third-order valence-electron chi connectivity index (χ3n) is 9.68. The Morgan fingerprint density at radius 3 is 2.55 bits per heavy atom. The van der Waals surface area contributed by atoms with Gasteiger partial charge in [-0.3, -0.25) is 19.2 Å². The summed E-state index contributed by atoms with van der Waals surface area (Å²) < 4.78 is 0. The summed E-state index contributed by atoms with van der Waals surface area (Å²) in [6.07, 6.45) is 5.54. The van der Waals surface area contributed by atoms with Gasteiger partial charge in [0.05, 0.1) is 0 Å². The summed E-state index contributed by atoms with van der Waals surface area (Å²) in [5, 5.41) is 9.06. The van der Waals surface area contributed by atoms with Crippen LogP contribution in [0.15, 0.2) is 0 Å². The quantitative estimate of drug-likeness (QED) is 0.766. The Kier molecular flexibility index (Phi) is 5.02. The summed E-state index contributed by atoms with van der Waals surface area (Å²) in [5.74, 6) is 0.519. The second-order valence-electron chi connectivity index (χ2n) is 10.9. The van der Waals surface area contributed by atoms with E-state index in [1.807, 2.05) is 13.8 Å². The molecular weight excluding hydrogens is 368 g/mol. The van der Waals surface area contributed by atoms with Crippen molar-refractivity contribution in [3.8, 4) is 0 Å². The standard InChI is InChI=1S/C24H34O5/c1-13(4-7-21(28)29)17-11-19(26)22-16-6-5-14-10-15(25)8-9-23(14,2)18(16)12-20(27)24(17,22)3/h13-14,16-18,22H,4-12H2,1-3H3,(H,28,29)/t13-,14-,16-,17-,18+,22-,23+,24+/m1/s1. The number of carbonyl (C=O) groups is 4. The molecule has 0 aromatic rings. The number of Topliss-reactive ketones (excluding diaryl/α,β-unsaturated/α-hetero) is 3. The van der Waals surface area contributed by atoms with E-state index in [0.29, 0.717) is 43.8 Å². The SMILES string of the molecule is C[C@H](CCC(=O)O)[C@H]1CC(=O)[C@H]2[C@@H]3CC[C@@H]4CC(=O)CC[C@]4(C)[C@H]3CC(=O)[C@]12C. The van der Waals surface area contributed by atoms with Crippen LogP contribution in [0.25, 0.3) is 0 Å². The van der Waals surface area contributed by atoms with Gasteiger partial charge in [0.2, 0.25) is 0 Å². The molecule has 29 heavy (non-hydrogen) atoms. The fraction of sp³-hybridized carbons (Fsp3) is 0.833. The van der Waals surface area contributed by atoms with Crippen molar-refractivity contribution in [2.75, 3.05) is 0 Å². The first-order valence-corrected chi connectivity index (χ1v) is 11.4. The van der Waals surface area contributed by atoms with Gasteiger partial charge in [-0.25, -0.2) is 0 Å². The molecule has 8 atom stereocenters. The van der Waals surface area contributed by atoms with Crippen LogP contribution in [0.3, 0.4) is 0 Å². The molecule has 0 aromatic heterocycles. The molecule has 4 fully saturated rings. The lowest BCUT2D eigenvalue weighted by molar-refractivity contribution is -0.162. The van der Waals surface area contributed by atoms with Crippen LogP contribution >= 0.6 is 0 Å². The van der Waals surface area contributed by atoms with Crippen molar-refractivity contribution in [2.24, 2.45) is 46.3 Å². The van der Waals surface area contributed by atoms with Gasteiger partial charge in [-0.2, -0.15) is 0 Å². The summed E-state index contributed by atoms with van der Waals surface area (Å²) in [6, 6.07) is 0. The van der Waals surface area contributed by atoms with E-state index in [0.717, 1.165) is 19.3 Å². The van der Waals surface area contributed by atoms with Crippen LogP contribution in [0.4, 0.5) is 0 Å². The molecule has 0 bridgehead atoms. The van der Waals surface area contributed by atoms with Crippen LogP contribution in [0, 0.1) is 46.3 Å². The Bertz CT molecular complexity index is 756. The maximum Gasteiger partial charge on any atom is 0.303 e. The van der Waals surface area contributed by atoms with Gasteiger partial charge in [0.25, 0.3) is 0 Å². The minimum Gasteiger partial charge on any atom is -0.481 e. The van der Waals surface area contributed by atoms with Crippen molar-refractivity contribution in [1.82, 2.24) is 0 Å². The van der Waals surface area contributed by atoms with Crippen molar-refractivity contribution in [3.63, 3.8) is 0 Å². The highest BCUT2D eigenvalue weighted by Crippen LogP contribution is 2.66. The number of fused-ring (bicyclic) bond motifs is 5. The van der Waals surface area contributed by atoms with Crippen molar-refractivity contribution in [3.05, 3.63) is 0 Å². The molecule has 4 aliphatic carbocycles. The number of ketones is 3. The third-order valence-corrected chi connectivity index (χ3v) is 9.68. The Balaban J connectivity index is 1.63. The van der Waals surface area contributed by atoms with Crippen LogP contribution < -0.4 is 0 Å². The van der Waals surface area contributed by atoms with Crippen LogP contribution in [0.1, 0.15) is 78.6 Å². The predicted molar refractivity (Wildman–Crippen MR) is 107 cm³/mol. The molecule has 5 nitrogen and oxygen atoms in total. The molecule has 0 aliphatic heterocycles. The molecule has 0 heterocycles. The first-order valence-electron chi connectivity index (χ1n) is 11.4. The Labute approximate surface area is 173 Å². The van der Waals surface area contributed by atoms with E-state index in [-0.39, 0.29) is 53.0 Å². The van der Waals surface area contributed by atoms with Gasteiger partial charge in [-0.1, -0.05) is 20.8 Å². The molecule has 5 heteroatoms. The Hall–Kier alpha value is -1.52. The lowest BCUT2D eigenvalue weighted by Gasteiger charge is -2.59. The molecule has 1 N–H and O–H groups in total. The highest BCUT2D eigenvalue weighted by molar-refractivity contribution is 5.98. The van der Waals surface area contributed by atoms with Gasteiger partial charge in [0.1, 0.15) is 17.3 Å². The molecule has 0 radical (unpaired) electrons. The Morgan fingerprint density at radius 1 is 1.14 bits per heavy atom. The summed E-state index contributed by atoms with van der Waals surface area (Å²) in [7, 11) is 0. The van der Waals surface area contributed by atoms with Gasteiger partial charge in [-0.05, 0) is 60.7 Å². The molecule has 4 saturated carbocycles. The van der Waals surface area contributed by atoms with Crippen molar-refractivity contribution in [1.29, 1.82) is 0 Å². The second kappa shape index (κ2) is 7.02. The summed E-state index contributed by atoms with van der Waals surface area (Å²) in [4.78, 5) is 49.9. The zero-order valence-electron chi connectivity index (χ0n) is 17.9. The molecule has 0 amide bonds. The molecule has 4 rings (SSSR count). The number of hydrogen-bond acceptors (Lipinski definition) is 4. The zero-order chi connectivity index (χ0) is 21.1. The van der Waals surface area contributed by atoms with Crippen LogP contribution in [-0.4, -0.2) is 28.4 Å². The molecule has 4 aliphatic rings. The van der Waals surface area contributed by atoms with Gasteiger partial charge >= 0.3 is 5.97 Å². The lowest BCUT2D eigenvalue weighted by atomic mass is 9.44. The van der Waals surface area contributed by atoms with Gasteiger partial charge in [-0.15, -0.1) is 0 Å². The van der Waals surface area contributed by atoms with Crippen LogP contribution in [-0.2, 0) is 19.2 Å². The fourth-order valence-electron chi connectivity index (χ4n) is 7.96. The van der Waals surface area contributed by atoms with E-state index in [4.69, 9.17) is 5.11 Å². The van der Waals surface area contributed by atoms with E-state index in [1.54, 1.807) is 0 Å². The third kappa shape index (κ3) is 3.02. The number of hydrogen-bond donors (Lipinski definition) is 1. The fourth-order valence-corrected chi connectivity index (χ4v) is 7.96. The van der Waals surface area contributed by atoms with Gasteiger partial charge in [0, 0.05) is 43.4 Å². The van der Waals surface area contributed by atoms with E-state index in [9.17, 15) is 19.2 Å². The average Bonchev–Trinajstić information content (AvgIpc) is 2.94. The second-order valence-corrected chi connectivity index (χ2v) is 10.9. The average molecular weight is 403 g/mol. The molecule has 0 aromatic carbocycles. The van der Waals surface area contributed by atoms with E-state index < -0.39 is 11.4 Å². The molecular formula is C24H34O5. The topological polar surface area (TPSA) is 88.5 Å². The molecule has 160 valence electrons. The van der Waals surface area contributed by atoms with E-state index in [2.05, 4.69) is 6.92 Å². The number of carboxylic acids is 1. The van der Waals surface area contributed by atoms with Gasteiger partial charge in [0.15, 0.2) is 0 Å².